The van der Waals surface area contributed by atoms with Gasteiger partial charge in [-0.2, -0.15) is 5.10 Å². The number of hydrogen-bond donors (Lipinski definition) is 0. The van der Waals surface area contributed by atoms with Gasteiger partial charge in [-0.3, -0.25) is 9.48 Å². The number of aryl methyl sites for hydroxylation is 1. The van der Waals surface area contributed by atoms with Gasteiger partial charge in [0.15, 0.2) is 0 Å². The molecular formula is C12H18ClN3O. The van der Waals surface area contributed by atoms with Gasteiger partial charge in [-0.15, -0.1) is 0 Å². The first-order valence-electron chi connectivity index (χ1n) is 5.95. The molecular weight excluding hydrogens is 238 g/mol. The number of likely N-dealkylation sites (tertiary alicyclic amines) is 1. The predicted molar refractivity (Wildman–Crippen MR) is 67.1 cm³/mol. The Hall–Kier alpha value is -1.03. The van der Waals surface area contributed by atoms with Gasteiger partial charge in [-0.1, -0.05) is 25.4 Å². The molecule has 1 aromatic heterocycles. The van der Waals surface area contributed by atoms with E-state index in [0.717, 1.165) is 13.1 Å². The first-order valence-corrected chi connectivity index (χ1v) is 6.33. The van der Waals surface area contributed by atoms with E-state index in [1.807, 2.05) is 4.90 Å². The van der Waals surface area contributed by atoms with Crippen LogP contribution >= 0.6 is 11.6 Å². The van der Waals surface area contributed by atoms with Crippen LogP contribution in [0.5, 0.6) is 0 Å². The Morgan fingerprint density at radius 1 is 1.41 bits per heavy atom. The Kier molecular flexibility index (Phi) is 3.43. The first kappa shape index (κ1) is 12.4. The third kappa shape index (κ3) is 2.46. The van der Waals surface area contributed by atoms with Gasteiger partial charge in [-0.05, 0) is 18.3 Å². The maximum Gasteiger partial charge on any atom is 0.273 e. The molecule has 2 heterocycles. The van der Waals surface area contributed by atoms with Crippen LogP contribution in [0.25, 0.3) is 0 Å². The van der Waals surface area contributed by atoms with Crippen LogP contribution in [0.3, 0.4) is 0 Å². The minimum Gasteiger partial charge on any atom is -0.337 e. The number of rotatable bonds is 1. The van der Waals surface area contributed by atoms with Crippen LogP contribution in [0.2, 0.25) is 5.02 Å². The summed E-state index contributed by atoms with van der Waals surface area (Å²) in [6.07, 6.45) is 2.70. The lowest BCUT2D eigenvalue weighted by atomic mass is 9.92. The summed E-state index contributed by atoms with van der Waals surface area (Å²) in [5.41, 5.74) is 0.493. The molecule has 1 amide bonds. The van der Waals surface area contributed by atoms with Gasteiger partial charge in [0.25, 0.3) is 5.91 Å². The highest BCUT2D eigenvalue weighted by atomic mass is 35.5. The Morgan fingerprint density at radius 2 is 2.00 bits per heavy atom. The van der Waals surface area contributed by atoms with Crippen LogP contribution < -0.4 is 0 Å². The highest BCUT2D eigenvalue weighted by Crippen LogP contribution is 2.24. The Bertz CT molecular complexity index is 400. The number of piperidine rings is 1. The van der Waals surface area contributed by atoms with E-state index in [4.69, 9.17) is 11.6 Å². The summed E-state index contributed by atoms with van der Waals surface area (Å²) in [6.45, 7) is 5.98. The summed E-state index contributed by atoms with van der Waals surface area (Å²) in [5, 5.41) is 4.44. The number of hydrogen-bond acceptors (Lipinski definition) is 2. The minimum absolute atomic E-state index is 0.00611. The van der Waals surface area contributed by atoms with Crippen molar-refractivity contribution in [1.82, 2.24) is 14.7 Å². The van der Waals surface area contributed by atoms with Crippen LogP contribution in [-0.2, 0) is 7.05 Å². The van der Waals surface area contributed by atoms with Crippen molar-refractivity contribution >= 4 is 17.5 Å². The van der Waals surface area contributed by atoms with Crippen molar-refractivity contribution in [2.24, 2.45) is 18.9 Å². The van der Waals surface area contributed by atoms with Gasteiger partial charge in [0.1, 0.15) is 5.69 Å². The van der Waals surface area contributed by atoms with E-state index in [1.54, 1.807) is 11.7 Å². The number of aromatic nitrogens is 2. The molecule has 1 aromatic rings. The average molecular weight is 256 g/mol. The summed E-state index contributed by atoms with van der Waals surface area (Å²) in [6, 6.07) is 0. The molecule has 17 heavy (non-hydrogen) atoms. The minimum atomic E-state index is -0.00611. The normalized spacial score (nSPS) is 25.1. The number of amides is 1. The van der Waals surface area contributed by atoms with Crippen LogP contribution in [-0.4, -0.2) is 33.7 Å². The Labute approximate surface area is 107 Å². The van der Waals surface area contributed by atoms with Crippen LogP contribution in [0.1, 0.15) is 30.8 Å². The SMILES string of the molecule is CC1CC(C)CN(C(=O)c2c(Cl)cnn2C)C1. The Morgan fingerprint density at radius 3 is 2.47 bits per heavy atom. The number of halogens is 1. The molecule has 4 nitrogen and oxygen atoms in total. The van der Waals surface area contributed by atoms with Crippen molar-refractivity contribution in [2.45, 2.75) is 20.3 Å². The quantitative estimate of drug-likeness (QED) is 0.772. The van der Waals surface area contributed by atoms with Crippen molar-refractivity contribution in [3.8, 4) is 0 Å². The molecule has 1 aliphatic rings. The molecule has 2 unspecified atom stereocenters. The smallest absolute Gasteiger partial charge is 0.273 e. The molecule has 0 N–H and O–H groups in total. The molecule has 5 heteroatoms. The van der Waals surface area contributed by atoms with Crippen molar-refractivity contribution in [3.05, 3.63) is 16.9 Å². The molecule has 94 valence electrons. The standard InChI is InChI=1S/C12H18ClN3O/c1-8-4-9(2)7-16(6-8)12(17)11-10(13)5-14-15(11)3/h5,8-9H,4,6-7H2,1-3H3. The molecule has 0 aromatic carbocycles. The van der Waals surface area contributed by atoms with Gasteiger partial charge in [0.2, 0.25) is 0 Å². The molecule has 0 aliphatic carbocycles. The number of carbonyl (C=O) groups is 1. The molecule has 0 saturated carbocycles. The van der Waals surface area contributed by atoms with Crippen molar-refractivity contribution in [3.63, 3.8) is 0 Å². The number of nitrogens with zero attached hydrogens (tertiary/aromatic N) is 3. The second-order valence-corrected chi connectivity index (χ2v) is 5.53. The fourth-order valence-electron chi connectivity index (χ4n) is 2.63. The lowest BCUT2D eigenvalue weighted by Gasteiger charge is -2.35. The third-order valence-electron chi connectivity index (χ3n) is 3.25. The summed E-state index contributed by atoms with van der Waals surface area (Å²) >= 11 is 6.00. The zero-order valence-corrected chi connectivity index (χ0v) is 11.2. The largest absolute Gasteiger partial charge is 0.337 e. The molecule has 2 rings (SSSR count). The molecule has 0 bridgehead atoms. The average Bonchev–Trinajstić information content (AvgIpc) is 2.56. The summed E-state index contributed by atoms with van der Waals surface area (Å²) in [4.78, 5) is 14.3. The van der Waals surface area contributed by atoms with Crippen LogP contribution in [0, 0.1) is 11.8 Å². The second kappa shape index (κ2) is 4.69. The van der Waals surface area contributed by atoms with E-state index < -0.39 is 0 Å². The van der Waals surface area contributed by atoms with E-state index in [1.165, 1.54) is 12.6 Å². The fourth-order valence-corrected chi connectivity index (χ4v) is 2.88. The summed E-state index contributed by atoms with van der Waals surface area (Å²) < 4.78 is 1.55. The highest BCUT2D eigenvalue weighted by Gasteiger charge is 2.28. The fraction of sp³-hybridized carbons (Fsp3) is 0.667. The molecule has 2 atom stereocenters. The molecule has 1 fully saturated rings. The molecule has 1 saturated heterocycles. The zero-order valence-electron chi connectivity index (χ0n) is 10.5. The van der Waals surface area contributed by atoms with Gasteiger partial charge >= 0.3 is 0 Å². The van der Waals surface area contributed by atoms with Crippen molar-refractivity contribution in [1.29, 1.82) is 0 Å². The third-order valence-corrected chi connectivity index (χ3v) is 3.53. The Balaban J connectivity index is 2.20. The van der Waals surface area contributed by atoms with Gasteiger partial charge in [0, 0.05) is 20.1 Å². The topological polar surface area (TPSA) is 38.1 Å². The van der Waals surface area contributed by atoms with Crippen molar-refractivity contribution < 1.29 is 4.79 Å². The highest BCUT2D eigenvalue weighted by molar-refractivity contribution is 6.33. The lowest BCUT2D eigenvalue weighted by Crippen LogP contribution is -2.43. The van der Waals surface area contributed by atoms with E-state index in [2.05, 4.69) is 18.9 Å². The monoisotopic (exact) mass is 255 g/mol. The first-order chi connectivity index (χ1) is 7.99. The van der Waals surface area contributed by atoms with E-state index >= 15 is 0 Å². The van der Waals surface area contributed by atoms with E-state index in [0.29, 0.717) is 22.6 Å². The summed E-state index contributed by atoms with van der Waals surface area (Å²) in [5.74, 6) is 1.10. The predicted octanol–water partition coefficient (Wildman–Crippen LogP) is 2.19. The van der Waals surface area contributed by atoms with E-state index in [9.17, 15) is 4.79 Å². The number of carbonyl (C=O) groups excluding carboxylic acids is 1. The maximum absolute atomic E-state index is 12.4. The van der Waals surface area contributed by atoms with Gasteiger partial charge in [0.05, 0.1) is 11.2 Å². The van der Waals surface area contributed by atoms with E-state index in [-0.39, 0.29) is 5.91 Å². The maximum atomic E-state index is 12.4. The lowest BCUT2D eigenvalue weighted by molar-refractivity contribution is 0.0612. The molecule has 0 radical (unpaired) electrons. The summed E-state index contributed by atoms with van der Waals surface area (Å²) in [7, 11) is 1.75. The zero-order chi connectivity index (χ0) is 12.6. The van der Waals surface area contributed by atoms with Gasteiger partial charge in [-0.25, -0.2) is 0 Å². The second-order valence-electron chi connectivity index (χ2n) is 5.12. The van der Waals surface area contributed by atoms with Crippen LogP contribution in [0.15, 0.2) is 6.20 Å². The van der Waals surface area contributed by atoms with Crippen LogP contribution in [0.4, 0.5) is 0 Å². The molecule has 1 aliphatic heterocycles. The molecule has 0 spiro atoms. The van der Waals surface area contributed by atoms with Gasteiger partial charge < -0.3 is 4.90 Å². The van der Waals surface area contributed by atoms with Crippen molar-refractivity contribution in [2.75, 3.05) is 13.1 Å².